The van der Waals surface area contributed by atoms with Gasteiger partial charge in [-0.25, -0.2) is 13.2 Å². The van der Waals surface area contributed by atoms with Crippen LogP contribution in [-0.2, 0) is 14.6 Å². The molecule has 0 saturated carbocycles. The quantitative estimate of drug-likeness (QED) is 0.811. The first-order valence-electron chi connectivity index (χ1n) is 7.00. The fraction of sp³-hybridized carbons (Fsp3) is 0.533. The van der Waals surface area contributed by atoms with E-state index < -0.39 is 21.5 Å². The molecule has 0 bridgehead atoms. The standard InChI is InChI=1S/C15H24N2O4S/c1-11-6-7-12(22(5,19)20)10-13(11)16-8-9-17-14(18)21-15(2,3)4/h6-7,10,16H,8-9H2,1-5H3,(H,17,18). The third-order valence-corrected chi connectivity index (χ3v) is 3.86. The van der Waals surface area contributed by atoms with Crippen molar-refractivity contribution >= 4 is 21.6 Å². The van der Waals surface area contributed by atoms with Crippen molar-refractivity contribution in [3.63, 3.8) is 0 Å². The van der Waals surface area contributed by atoms with Crippen molar-refractivity contribution in [3.05, 3.63) is 23.8 Å². The molecular formula is C15H24N2O4S. The van der Waals surface area contributed by atoms with Crippen LogP contribution in [0.15, 0.2) is 23.1 Å². The third-order valence-electron chi connectivity index (χ3n) is 2.75. The molecule has 2 N–H and O–H groups in total. The Labute approximate surface area is 132 Å². The Bertz CT molecular complexity index is 633. The van der Waals surface area contributed by atoms with Crippen molar-refractivity contribution in [2.75, 3.05) is 24.7 Å². The summed E-state index contributed by atoms with van der Waals surface area (Å²) >= 11 is 0. The number of sulfone groups is 1. The normalized spacial score (nSPS) is 11.9. The predicted octanol–water partition coefficient (Wildman–Crippen LogP) is 2.34. The number of hydrogen-bond donors (Lipinski definition) is 2. The minimum atomic E-state index is -3.24. The summed E-state index contributed by atoms with van der Waals surface area (Å²) < 4.78 is 28.2. The average Bonchev–Trinajstić information content (AvgIpc) is 2.33. The van der Waals surface area contributed by atoms with E-state index in [4.69, 9.17) is 4.74 Å². The van der Waals surface area contributed by atoms with Crippen LogP contribution in [0.2, 0.25) is 0 Å². The summed E-state index contributed by atoms with van der Waals surface area (Å²) in [6.45, 7) is 8.11. The van der Waals surface area contributed by atoms with Crippen LogP contribution in [-0.4, -0.2) is 39.5 Å². The van der Waals surface area contributed by atoms with Gasteiger partial charge in [-0.1, -0.05) is 6.07 Å². The van der Waals surface area contributed by atoms with E-state index in [0.717, 1.165) is 11.3 Å². The smallest absolute Gasteiger partial charge is 0.407 e. The topological polar surface area (TPSA) is 84.5 Å². The molecule has 6 nitrogen and oxygen atoms in total. The van der Waals surface area contributed by atoms with E-state index in [-0.39, 0.29) is 4.90 Å². The molecule has 0 unspecified atom stereocenters. The number of rotatable bonds is 5. The number of carbonyl (C=O) groups is 1. The maximum atomic E-state index is 11.5. The zero-order valence-corrected chi connectivity index (χ0v) is 14.5. The SMILES string of the molecule is Cc1ccc(S(C)(=O)=O)cc1NCCNC(=O)OC(C)(C)C. The molecule has 1 rings (SSSR count). The minimum absolute atomic E-state index is 0.265. The molecule has 0 spiro atoms. The Hall–Kier alpha value is -1.76. The highest BCUT2D eigenvalue weighted by atomic mass is 32.2. The highest BCUT2D eigenvalue weighted by Gasteiger charge is 2.15. The van der Waals surface area contributed by atoms with Crippen LogP contribution in [0, 0.1) is 6.92 Å². The molecule has 1 aromatic rings. The molecule has 0 radical (unpaired) electrons. The zero-order valence-electron chi connectivity index (χ0n) is 13.7. The van der Waals surface area contributed by atoms with Crippen LogP contribution in [0.1, 0.15) is 26.3 Å². The molecule has 0 heterocycles. The number of aryl methyl sites for hydroxylation is 1. The zero-order chi connectivity index (χ0) is 17.0. The first kappa shape index (κ1) is 18.3. The number of hydrogen-bond acceptors (Lipinski definition) is 5. The van der Waals surface area contributed by atoms with Gasteiger partial charge in [-0.3, -0.25) is 0 Å². The molecular weight excluding hydrogens is 304 g/mol. The first-order valence-corrected chi connectivity index (χ1v) is 8.89. The highest BCUT2D eigenvalue weighted by molar-refractivity contribution is 7.90. The summed E-state index contributed by atoms with van der Waals surface area (Å²) in [6, 6.07) is 4.92. The van der Waals surface area contributed by atoms with E-state index in [1.807, 2.05) is 6.92 Å². The van der Waals surface area contributed by atoms with Crippen molar-refractivity contribution < 1.29 is 17.9 Å². The van der Waals surface area contributed by atoms with Gasteiger partial charge in [0.05, 0.1) is 4.90 Å². The van der Waals surface area contributed by atoms with Gasteiger partial charge in [0.25, 0.3) is 0 Å². The summed E-state index contributed by atoms with van der Waals surface area (Å²) in [5.41, 5.74) is 1.14. The maximum Gasteiger partial charge on any atom is 0.407 e. The van der Waals surface area contributed by atoms with E-state index in [1.54, 1.807) is 39.0 Å². The Morgan fingerprint density at radius 1 is 1.23 bits per heavy atom. The van der Waals surface area contributed by atoms with E-state index in [2.05, 4.69) is 10.6 Å². The molecule has 0 aliphatic carbocycles. The largest absolute Gasteiger partial charge is 0.444 e. The van der Waals surface area contributed by atoms with E-state index in [9.17, 15) is 13.2 Å². The van der Waals surface area contributed by atoms with Gasteiger partial charge in [0, 0.05) is 25.0 Å². The molecule has 22 heavy (non-hydrogen) atoms. The van der Waals surface area contributed by atoms with E-state index >= 15 is 0 Å². The Morgan fingerprint density at radius 3 is 2.41 bits per heavy atom. The predicted molar refractivity (Wildman–Crippen MR) is 87.0 cm³/mol. The van der Waals surface area contributed by atoms with Gasteiger partial charge >= 0.3 is 6.09 Å². The number of carbonyl (C=O) groups excluding carboxylic acids is 1. The monoisotopic (exact) mass is 328 g/mol. The van der Waals surface area contributed by atoms with Crippen molar-refractivity contribution in [2.24, 2.45) is 0 Å². The molecule has 1 amide bonds. The van der Waals surface area contributed by atoms with E-state index in [1.165, 1.54) is 6.26 Å². The van der Waals surface area contributed by atoms with Crippen LogP contribution >= 0.6 is 0 Å². The molecule has 0 saturated heterocycles. The fourth-order valence-corrected chi connectivity index (χ4v) is 2.35. The van der Waals surface area contributed by atoms with Crippen molar-refractivity contribution in [1.82, 2.24) is 5.32 Å². The average molecular weight is 328 g/mol. The second-order valence-corrected chi connectivity index (χ2v) is 8.12. The Morgan fingerprint density at radius 2 is 1.86 bits per heavy atom. The first-order chi connectivity index (χ1) is 9.99. The number of benzene rings is 1. The van der Waals surface area contributed by atoms with E-state index in [0.29, 0.717) is 13.1 Å². The molecule has 0 aromatic heterocycles. The summed E-state index contributed by atoms with van der Waals surface area (Å²) in [6.07, 6.45) is 0.696. The molecule has 124 valence electrons. The summed E-state index contributed by atoms with van der Waals surface area (Å²) in [5.74, 6) is 0. The molecule has 7 heteroatoms. The number of amides is 1. The van der Waals surface area contributed by atoms with Gasteiger partial charge in [0.2, 0.25) is 0 Å². The van der Waals surface area contributed by atoms with Crippen LogP contribution in [0.25, 0.3) is 0 Å². The number of nitrogens with one attached hydrogen (secondary N) is 2. The molecule has 0 fully saturated rings. The second-order valence-electron chi connectivity index (χ2n) is 6.10. The number of ether oxygens (including phenoxy) is 1. The molecule has 0 aliphatic heterocycles. The van der Waals surface area contributed by atoms with Crippen molar-refractivity contribution in [1.29, 1.82) is 0 Å². The summed E-state index contributed by atoms with van der Waals surface area (Å²) in [5, 5.41) is 5.74. The third kappa shape index (κ3) is 6.34. The van der Waals surface area contributed by atoms with Gasteiger partial charge in [-0.05, 0) is 45.4 Å². The molecule has 0 atom stereocenters. The Kier molecular flexibility index (Phi) is 5.82. The minimum Gasteiger partial charge on any atom is -0.444 e. The number of anilines is 1. The maximum absolute atomic E-state index is 11.5. The Balaban J connectivity index is 2.54. The lowest BCUT2D eigenvalue weighted by molar-refractivity contribution is 0.0530. The van der Waals surface area contributed by atoms with Crippen LogP contribution in [0.4, 0.5) is 10.5 Å². The van der Waals surface area contributed by atoms with Crippen molar-refractivity contribution in [3.8, 4) is 0 Å². The van der Waals surface area contributed by atoms with Crippen LogP contribution in [0.5, 0.6) is 0 Å². The highest BCUT2D eigenvalue weighted by Crippen LogP contribution is 2.19. The number of alkyl carbamates (subject to hydrolysis) is 1. The van der Waals surface area contributed by atoms with Gasteiger partial charge in [-0.15, -0.1) is 0 Å². The van der Waals surface area contributed by atoms with Crippen LogP contribution in [0.3, 0.4) is 0 Å². The van der Waals surface area contributed by atoms with Gasteiger partial charge in [0.15, 0.2) is 9.84 Å². The van der Waals surface area contributed by atoms with Gasteiger partial charge in [-0.2, -0.15) is 0 Å². The summed E-state index contributed by atoms with van der Waals surface area (Å²) in [4.78, 5) is 11.7. The lowest BCUT2D eigenvalue weighted by Crippen LogP contribution is -2.35. The fourth-order valence-electron chi connectivity index (χ4n) is 1.70. The summed E-state index contributed by atoms with van der Waals surface area (Å²) in [7, 11) is -3.24. The van der Waals surface area contributed by atoms with Gasteiger partial charge in [0.1, 0.15) is 5.60 Å². The lowest BCUT2D eigenvalue weighted by atomic mass is 10.2. The second kappa shape index (κ2) is 7.00. The van der Waals surface area contributed by atoms with Gasteiger partial charge < -0.3 is 15.4 Å². The van der Waals surface area contributed by atoms with Crippen LogP contribution < -0.4 is 10.6 Å². The molecule has 1 aromatic carbocycles. The van der Waals surface area contributed by atoms with Crippen molar-refractivity contribution in [2.45, 2.75) is 38.2 Å². The molecule has 0 aliphatic rings. The lowest BCUT2D eigenvalue weighted by Gasteiger charge is -2.19.